The van der Waals surface area contributed by atoms with Crippen LogP contribution in [0.5, 0.6) is 0 Å². The molecule has 0 aromatic heterocycles. The summed E-state index contributed by atoms with van der Waals surface area (Å²) in [5, 5.41) is 2.95. The molecule has 0 unspecified atom stereocenters. The van der Waals surface area contributed by atoms with Crippen molar-refractivity contribution in [1.82, 2.24) is 9.80 Å². The molecular formula is C19H29N3O2. The Labute approximate surface area is 145 Å². The predicted octanol–water partition coefficient (Wildman–Crippen LogP) is 2.66. The number of hydrogen-bond acceptors (Lipinski definition) is 3. The number of anilines is 1. The summed E-state index contributed by atoms with van der Waals surface area (Å²) in [7, 11) is 0. The van der Waals surface area contributed by atoms with E-state index < -0.39 is 0 Å². The smallest absolute Gasteiger partial charge is 0.238 e. The number of hydrogen-bond donors (Lipinski definition) is 1. The highest BCUT2D eigenvalue weighted by Crippen LogP contribution is 2.13. The van der Waals surface area contributed by atoms with Gasteiger partial charge in [-0.25, -0.2) is 0 Å². The molecule has 1 aliphatic rings. The van der Waals surface area contributed by atoms with E-state index in [0.29, 0.717) is 6.54 Å². The lowest BCUT2D eigenvalue weighted by Gasteiger charge is -2.29. The zero-order chi connectivity index (χ0) is 17.4. The molecule has 5 heteroatoms. The number of amides is 2. The first kappa shape index (κ1) is 18.5. The number of nitrogens with one attached hydrogen (secondary N) is 1. The molecule has 0 radical (unpaired) electrons. The Morgan fingerprint density at radius 2 is 1.83 bits per heavy atom. The van der Waals surface area contributed by atoms with Crippen LogP contribution in [0.15, 0.2) is 24.3 Å². The van der Waals surface area contributed by atoms with Crippen molar-refractivity contribution in [3.8, 4) is 0 Å². The lowest BCUT2D eigenvalue weighted by Crippen LogP contribution is -2.45. The summed E-state index contributed by atoms with van der Waals surface area (Å²) < 4.78 is 0. The third kappa shape index (κ3) is 5.64. The summed E-state index contributed by atoms with van der Waals surface area (Å²) in [6, 6.07) is 7.73. The SMILES string of the molecule is CCCN(CC(=O)Nc1ccccc1C)CC(=O)N1CCCCC1. The summed E-state index contributed by atoms with van der Waals surface area (Å²) in [4.78, 5) is 28.6. The fourth-order valence-electron chi connectivity index (χ4n) is 3.07. The Bertz CT molecular complexity index is 553. The second-order valence-corrected chi connectivity index (χ2v) is 6.52. The quantitative estimate of drug-likeness (QED) is 0.836. The van der Waals surface area contributed by atoms with Gasteiger partial charge in [-0.05, 0) is 50.8 Å². The van der Waals surface area contributed by atoms with Crippen molar-refractivity contribution < 1.29 is 9.59 Å². The van der Waals surface area contributed by atoms with Gasteiger partial charge in [0.1, 0.15) is 0 Å². The van der Waals surface area contributed by atoms with Gasteiger partial charge < -0.3 is 10.2 Å². The highest BCUT2D eigenvalue weighted by molar-refractivity contribution is 5.93. The molecular weight excluding hydrogens is 302 g/mol. The molecule has 1 N–H and O–H groups in total. The molecule has 1 fully saturated rings. The Balaban J connectivity index is 1.88. The molecule has 24 heavy (non-hydrogen) atoms. The highest BCUT2D eigenvalue weighted by atomic mass is 16.2. The van der Waals surface area contributed by atoms with Gasteiger partial charge in [-0.3, -0.25) is 14.5 Å². The van der Waals surface area contributed by atoms with Crippen LogP contribution in [-0.2, 0) is 9.59 Å². The standard InChI is InChI=1S/C19H29N3O2/c1-3-11-21(15-19(24)22-12-7-4-8-13-22)14-18(23)20-17-10-6-5-9-16(17)2/h5-6,9-10H,3-4,7-8,11-15H2,1-2H3,(H,20,23). The number of aryl methyl sites for hydroxylation is 1. The van der Waals surface area contributed by atoms with Gasteiger partial charge in [0.25, 0.3) is 0 Å². The maximum absolute atomic E-state index is 12.4. The third-order valence-electron chi connectivity index (χ3n) is 4.39. The molecule has 0 atom stereocenters. The number of carbonyl (C=O) groups excluding carboxylic acids is 2. The number of piperidine rings is 1. The lowest BCUT2D eigenvalue weighted by molar-refractivity contribution is -0.133. The largest absolute Gasteiger partial charge is 0.342 e. The monoisotopic (exact) mass is 331 g/mol. The molecule has 0 aliphatic carbocycles. The molecule has 1 heterocycles. The molecule has 132 valence electrons. The molecule has 5 nitrogen and oxygen atoms in total. The summed E-state index contributed by atoms with van der Waals surface area (Å²) in [6.45, 7) is 7.08. The Kier molecular flexibility index (Phi) is 7.25. The number of nitrogens with zero attached hydrogens (tertiary/aromatic N) is 2. The van der Waals surface area contributed by atoms with Gasteiger partial charge in [0, 0.05) is 18.8 Å². The average Bonchev–Trinajstić information content (AvgIpc) is 2.58. The fourth-order valence-corrected chi connectivity index (χ4v) is 3.07. The van der Waals surface area contributed by atoms with E-state index in [4.69, 9.17) is 0 Å². The van der Waals surface area contributed by atoms with Gasteiger partial charge in [0.05, 0.1) is 13.1 Å². The molecule has 1 aromatic rings. The summed E-state index contributed by atoms with van der Waals surface area (Å²) in [5.41, 5.74) is 1.87. The summed E-state index contributed by atoms with van der Waals surface area (Å²) in [5.74, 6) is 0.0797. The van der Waals surface area contributed by atoms with Gasteiger partial charge in [-0.2, -0.15) is 0 Å². The normalized spacial score (nSPS) is 14.7. The minimum Gasteiger partial charge on any atom is -0.342 e. The van der Waals surface area contributed by atoms with Crippen LogP contribution in [0.25, 0.3) is 0 Å². The van der Waals surface area contributed by atoms with Gasteiger partial charge in [0.15, 0.2) is 0 Å². The molecule has 2 amide bonds. The van der Waals surface area contributed by atoms with E-state index in [2.05, 4.69) is 12.2 Å². The number of rotatable bonds is 7. The van der Waals surface area contributed by atoms with E-state index in [1.165, 1.54) is 6.42 Å². The number of benzene rings is 1. The minimum absolute atomic E-state index is 0.0656. The topological polar surface area (TPSA) is 52.7 Å². The van der Waals surface area contributed by atoms with E-state index in [0.717, 1.165) is 50.1 Å². The highest BCUT2D eigenvalue weighted by Gasteiger charge is 2.20. The van der Waals surface area contributed by atoms with Gasteiger partial charge in [-0.15, -0.1) is 0 Å². The van der Waals surface area contributed by atoms with Crippen molar-refractivity contribution in [3.63, 3.8) is 0 Å². The molecule has 1 aromatic carbocycles. The van der Waals surface area contributed by atoms with E-state index >= 15 is 0 Å². The van der Waals surface area contributed by atoms with Crippen molar-refractivity contribution in [2.75, 3.05) is 38.0 Å². The van der Waals surface area contributed by atoms with Crippen molar-refractivity contribution in [3.05, 3.63) is 29.8 Å². The first-order valence-corrected chi connectivity index (χ1v) is 8.95. The van der Waals surface area contributed by atoms with Crippen LogP contribution in [0, 0.1) is 6.92 Å². The van der Waals surface area contributed by atoms with Crippen LogP contribution >= 0.6 is 0 Å². The van der Waals surface area contributed by atoms with Crippen molar-refractivity contribution in [2.45, 2.75) is 39.5 Å². The third-order valence-corrected chi connectivity index (χ3v) is 4.39. The second-order valence-electron chi connectivity index (χ2n) is 6.52. The zero-order valence-electron chi connectivity index (χ0n) is 14.9. The van der Waals surface area contributed by atoms with Crippen LogP contribution in [0.3, 0.4) is 0 Å². The van der Waals surface area contributed by atoms with Crippen LogP contribution in [0.2, 0.25) is 0 Å². The first-order chi connectivity index (χ1) is 11.6. The number of para-hydroxylation sites is 1. The molecule has 0 spiro atoms. The fraction of sp³-hybridized carbons (Fsp3) is 0.579. The Hall–Kier alpha value is -1.88. The van der Waals surface area contributed by atoms with E-state index in [-0.39, 0.29) is 18.4 Å². The Morgan fingerprint density at radius 3 is 2.50 bits per heavy atom. The Morgan fingerprint density at radius 1 is 1.12 bits per heavy atom. The van der Waals surface area contributed by atoms with Crippen LogP contribution in [0.4, 0.5) is 5.69 Å². The van der Waals surface area contributed by atoms with Gasteiger partial charge >= 0.3 is 0 Å². The van der Waals surface area contributed by atoms with Crippen molar-refractivity contribution >= 4 is 17.5 Å². The number of carbonyl (C=O) groups is 2. The molecule has 0 saturated carbocycles. The summed E-state index contributed by atoms with van der Waals surface area (Å²) in [6.07, 6.45) is 4.31. The predicted molar refractivity (Wildman–Crippen MR) is 97.0 cm³/mol. The molecule has 2 rings (SSSR count). The molecule has 0 bridgehead atoms. The van der Waals surface area contributed by atoms with Gasteiger partial charge in [0.2, 0.25) is 11.8 Å². The van der Waals surface area contributed by atoms with E-state index in [9.17, 15) is 9.59 Å². The van der Waals surface area contributed by atoms with Crippen molar-refractivity contribution in [1.29, 1.82) is 0 Å². The van der Waals surface area contributed by atoms with E-state index in [1.807, 2.05) is 41.0 Å². The summed E-state index contributed by atoms with van der Waals surface area (Å²) >= 11 is 0. The maximum atomic E-state index is 12.4. The van der Waals surface area contributed by atoms with Gasteiger partial charge in [-0.1, -0.05) is 25.1 Å². The second kappa shape index (κ2) is 9.42. The van der Waals surface area contributed by atoms with Crippen molar-refractivity contribution in [2.24, 2.45) is 0 Å². The van der Waals surface area contributed by atoms with Crippen LogP contribution in [0.1, 0.15) is 38.2 Å². The lowest BCUT2D eigenvalue weighted by atomic mass is 10.1. The molecule has 1 saturated heterocycles. The van der Waals surface area contributed by atoms with E-state index in [1.54, 1.807) is 0 Å². The zero-order valence-corrected chi connectivity index (χ0v) is 14.9. The number of likely N-dealkylation sites (tertiary alicyclic amines) is 1. The maximum Gasteiger partial charge on any atom is 0.238 e. The van der Waals surface area contributed by atoms with Crippen LogP contribution < -0.4 is 5.32 Å². The average molecular weight is 331 g/mol. The minimum atomic E-state index is -0.0656. The molecule has 1 aliphatic heterocycles. The van der Waals surface area contributed by atoms with Crippen LogP contribution in [-0.4, -0.2) is 54.3 Å². The first-order valence-electron chi connectivity index (χ1n) is 8.95.